The molecule has 3 heterocycles. The average molecular weight is 362 g/mol. The summed E-state index contributed by atoms with van der Waals surface area (Å²) in [4.78, 5) is 35.2. The van der Waals surface area contributed by atoms with Gasteiger partial charge >= 0.3 is 0 Å². The van der Waals surface area contributed by atoms with Crippen LogP contribution in [-0.4, -0.2) is 31.1 Å². The summed E-state index contributed by atoms with van der Waals surface area (Å²) in [6, 6.07) is 0. The third-order valence-electron chi connectivity index (χ3n) is 3.12. The van der Waals surface area contributed by atoms with Crippen LogP contribution in [0.5, 0.6) is 0 Å². The van der Waals surface area contributed by atoms with Gasteiger partial charge in [-0.15, -0.1) is 21.5 Å². The van der Waals surface area contributed by atoms with Crippen molar-refractivity contribution < 1.29 is 4.79 Å². The fourth-order valence-electron chi connectivity index (χ4n) is 1.91. The lowest BCUT2D eigenvalue weighted by Gasteiger charge is -2.02. The molecule has 0 aliphatic rings. The van der Waals surface area contributed by atoms with Crippen LogP contribution in [0.25, 0.3) is 11.5 Å². The second-order valence-corrected chi connectivity index (χ2v) is 7.06. The van der Waals surface area contributed by atoms with Crippen LogP contribution in [0.3, 0.4) is 0 Å². The van der Waals surface area contributed by atoms with Gasteiger partial charge < -0.3 is 10.3 Å². The first-order chi connectivity index (χ1) is 11.6. The van der Waals surface area contributed by atoms with Crippen molar-refractivity contribution in [1.82, 2.24) is 30.5 Å². The highest BCUT2D eigenvalue weighted by Crippen LogP contribution is 2.16. The van der Waals surface area contributed by atoms with E-state index in [1.165, 1.54) is 28.9 Å². The molecule has 2 N–H and O–H groups in total. The van der Waals surface area contributed by atoms with Crippen molar-refractivity contribution in [3.05, 3.63) is 42.5 Å². The van der Waals surface area contributed by atoms with Crippen LogP contribution < -0.4 is 10.9 Å². The third-order valence-corrected chi connectivity index (χ3v) is 4.96. The Kier molecular flexibility index (Phi) is 4.76. The van der Waals surface area contributed by atoms with Gasteiger partial charge in [0.15, 0.2) is 5.82 Å². The quantitative estimate of drug-likeness (QED) is 0.712. The highest BCUT2D eigenvalue weighted by Gasteiger charge is 2.14. The van der Waals surface area contributed by atoms with Crippen LogP contribution in [0.2, 0.25) is 0 Å². The van der Waals surface area contributed by atoms with Gasteiger partial charge in [-0.2, -0.15) is 0 Å². The van der Waals surface area contributed by atoms with E-state index in [1.54, 1.807) is 5.38 Å². The number of carbonyl (C=O) groups excluding carboxylic acids is 1. The average Bonchev–Trinajstić information content (AvgIpc) is 3.21. The molecule has 0 bridgehead atoms. The number of hydrogen-bond donors (Lipinski definition) is 2. The molecule has 0 fully saturated rings. The van der Waals surface area contributed by atoms with Gasteiger partial charge in [0, 0.05) is 11.6 Å². The molecule has 3 aromatic heterocycles. The number of nitrogens with zero attached hydrogens (tertiary/aromatic N) is 4. The number of H-pyrrole nitrogens is 1. The highest BCUT2D eigenvalue weighted by molar-refractivity contribution is 7.11. The number of rotatable bonds is 5. The molecule has 10 heteroatoms. The number of nitrogens with one attached hydrogen (secondary N) is 2. The number of aryl methyl sites for hydroxylation is 2. The minimum absolute atomic E-state index is 0.0501. The molecule has 0 spiro atoms. The monoisotopic (exact) mass is 362 g/mol. The topological polar surface area (TPSA) is 114 Å². The fraction of sp³-hybridized carbons (Fsp3) is 0.286. The van der Waals surface area contributed by atoms with Crippen molar-refractivity contribution in [3.8, 4) is 11.5 Å². The minimum atomic E-state index is -0.505. The smallest absolute Gasteiger partial charge is 0.264 e. The van der Waals surface area contributed by atoms with Gasteiger partial charge in [0.2, 0.25) is 0 Å². The summed E-state index contributed by atoms with van der Waals surface area (Å²) in [5.41, 5.74) is 0.0307. The van der Waals surface area contributed by atoms with Gasteiger partial charge in [0.1, 0.15) is 21.3 Å². The molecule has 0 unspecified atom stereocenters. The van der Waals surface area contributed by atoms with Crippen LogP contribution in [0, 0.1) is 6.92 Å². The number of thiazole rings is 1. The van der Waals surface area contributed by atoms with E-state index in [0.29, 0.717) is 16.5 Å². The van der Waals surface area contributed by atoms with E-state index in [-0.39, 0.29) is 12.1 Å². The molecule has 8 nitrogen and oxygen atoms in total. The summed E-state index contributed by atoms with van der Waals surface area (Å²) >= 11 is 2.89. The third kappa shape index (κ3) is 3.54. The highest BCUT2D eigenvalue weighted by atomic mass is 32.1. The van der Waals surface area contributed by atoms with Gasteiger partial charge in [0.05, 0.1) is 11.6 Å². The van der Waals surface area contributed by atoms with Crippen LogP contribution in [0.1, 0.15) is 32.3 Å². The lowest BCUT2D eigenvalue weighted by Crippen LogP contribution is -2.29. The molecule has 0 aliphatic heterocycles. The van der Waals surface area contributed by atoms with E-state index in [9.17, 15) is 9.59 Å². The Morgan fingerprint density at radius 3 is 2.75 bits per heavy atom. The van der Waals surface area contributed by atoms with Crippen molar-refractivity contribution in [1.29, 1.82) is 0 Å². The molecule has 0 atom stereocenters. The maximum atomic E-state index is 12.1. The zero-order chi connectivity index (χ0) is 17.1. The Morgan fingerprint density at radius 1 is 1.33 bits per heavy atom. The molecule has 1 amide bonds. The van der Waals surface area contributed by atoms with Crippen molar-refractivity contribution in [2.75, 3.05) is 0 Å². The summed E-state index contributed by atoms with van der Waals surface area (Å²) in [6.45, 7) is 4.08. The van der Waals surface area contributed by atoms with Crippen LogP contribution in [0.15, 0.2) is 16.4 Å². The zero-order valence-corrected chi connectivity index (χ0v) is 14.6. The normalized spacial score (nSPS) is 10.8. The molecule has 0 saturated carbocycles. The van der Waals surface area contributed by atoms with Gasteiger partial charge in [0.25, 0.3) is 11.5 Å². The second-order valence-electron chi connectivity index (χ2n) is 4.85. The van der Waals surface area contributed by atoms with Gasteiger partial charge in [-0.25, -0.2) is 9.97 Å². The van der Waals surface area contributed by atoms with Crippen LogP contribution in [-0.2, 0) is 13.0 Å². The maximum Gasteiger partial charge on any atom is 0.264 e. The lowest BCUT2D eigenvalue weighted by atomic mass is 10.3. The molecule has 24 heavy (non-hydrogen) atoms. The Hall–Kier alpha value is -2.46. The Morgan fingerprint density at radius 2 is 2.12 bits per heavy atom. The number of carbonyl (C=O) groups is 1. The fourth-order valence-corrected chi connectivity index (χ4v) is 3.23. The Balaban J connectivity index is 1.72. The van der Waals surface area contributed by atoms with Gasteiger partial charge in [-0.1, -0.05) is 18.3 Å². The zero-order valence-electron chi connectivity index (χ0n) is 13.0. The van der Waals surface area contributed by atoms with Crippen molar-refractivity contribution in [2.45, 2.75) is 26.8 Å². The summed E-state index contributed by atoms with van der Waals surface area (Å²) in [7, 11) is 0. The number of hydrogen-bond acceptors (Lipinski definition) is 8. The van der Waals surface area contributed by atoms with Crippen molar-refractivity contribution >= 4 is 28.6 Å². The number of amides is 1. The Bertz CT molecular complexity index is 929. The van der Waals surface area contributed by atoms with Crippen LogP contribution >= 0.6 is 22.7 Å². The summed E-state index contributed by atoms with van der Waals surface area (Å²) in [6.07, 6.45) is 2.06. The first kappa shape index (κ1) is 16.4. The van der Waals surface area contributed by atoms with Crippen molar-refractivity contribution in [2.24, 2.45) is 0 Å². The summed E-state index contributed by atoms with van der Waals surface area (Å²) in [5, 5.41) is 14.9. The van der Waals surface area contributed by atoms with E-state index < -0.39 is 11.5 Å². The molecular weight excluding hydrogens is 348 g/mol. The summed E-state index contributed by atoms with van der Waals surface area (Å²) in [5.74, 6) is -0.157. The van der Waals surface area contributed by atoms with Crippen molar-refractivity contribution in [3.63, 3.8) is 0 Å². The van der Waals surface area contributed by atoms with E-state index in [4.69, 9.17) is 0 Å². The molecule has 0 aliphatic carbocycles. The van der Waals surface area contributed by atoms with E-state index in [0.717, 1.165) is 16.4 Å². The molecule has 3 rings (SSSR count). The molecular formula is C14H14N6O2S2. The van der Waals surface area contributed by atoms with E-state index in [2.05, 4.69) is 30.5 Å². The second kappa shape index (κ2) is 6.97. The maximum absolute atomic E-state index is 12.1. The van der Waals surface area contributed by atoms with E-state index >= 15 is 0 Å². The molecule has 0 radical (unpaired) electrons. The minimum Gasteiger partial charge on any atom is -0.345 e. The number of aromatic nitrogens is 5. The standard InChI is InChI=1S/C14H14N6O2S2/c1-3-10-19-20-11(24-10)5-16-13(21)8-4-15-12(18-14(8)22)9-6-23-7(2)17-9/h4,6H,3,5H2,1-2H3,(H,16,21)(H,15,18,22). The first-order valence-electron chi connectivity index (χ1n) is 7.18. The molecule has 3 aromatic rings. The van der Waals surface area contributed by atoms with Crippen LogP contribution in [0.4, 0.5) is 0 Å². The first-order valence-corrected chi connectivity index (χ1v) is 8.87. The number of aromatic amines is 1. The summed E-state index contributed by atoms with van der Waals surface area (Å²) < 4.78 is 0. The SMILES string of the molecule is CCc1nnc(CNC(=O)c2cnc(-c3csc(C)n3)[nH]c2=O)s1. The predicted molar refractivity (Wildman–Crippen MR) is 91.2 cm³/mol. The van der Waals surface area contributed by atoms with Gasteiger partial charge in [-0.3, -0.25) is 9.59 Å². The Labute approximate surface area is 145 Å². The van der Waals surface area contributed by atoms with E-state index in [1.807, 2.05) is 13.8 Å². The van der Waals surface area contributed by atoms with Gasteiger partial charge in [-0.05, 0) is 13.3 Å². The largest absolute Gasteiger partial charge is 0.345 e. The lowest BCUT2D eigenvalue weighted by molar-refractivity contribution is 0.0949. The predicted octanol–water partition coefficient (Wildman–Crippen LogP) is 1.55. The molecule has 0 saturated heterocycles. The molecule has 0 aromatic carbocycles. The molecule has 124 valence electrons.